The van der Waals surface area contributed by atoms with E-state index in [0.717, 1.165) is 17.6 Å². The fraction of sp³-hybridized carbons (Fsp3) is 0.125. The molecule has 0 aliphatic carbocycles. The van der Waals surface area contributed by atoms with Gasteiger partial charge in [0.05, 0.1) is 0 Å². The van der Waals surface area contributed by atoms with Crippen LogP contribution in [0.2, 0.25) is 0 Å². The normalized spacial score (nSPS) is 10.4. The lowest BCUT2D eigenvalue weighted by atomic mass is 10.1. The molecule has 0 unspecified atom stereocenters. The van der Waals surface area contributed by atoms with Crippen molar-refractivity contribution in [3.05, 3.63) is 96.3 Å². The number of hydrogen-bond donors (Lipinski definition) is 1. The van der Waals surface area contributed by atoms with E-state index >= 15 is 0 Å². The summed E-state index contributed by atoms with van der Waals surface area (Å²) in [5, 5.41) is 2.90. The van der Waals surface area contributed by atoms with Gasteiger partial charge in [-0.15, -0.1) is 24.0 Å². The average Bonchev–Trinajstić information content (AvgIpc) is 3.06. The number of Topliss-reactive ketones (excluding diaryl/α,β-unsaturated/α-hetero) is 1. The zero-order valence-corrected chi connectivity index (χ0v) is 18.9. The summed E-state index contributed by atoms with van der Waals surface area (Å²) in [6.45, 7) is 2.47. The summed E-state index contributed by atoms with van der Waals surface area (Å²) < 4.78 is 4.11. The van der Waals surface area contributed by atoms with E-state index in [-0.39, 0.29) is 42.2 Å². The molecule has 0 saturated heterocycles. The van der Waals surface area contributed by atoms with E-state index in [4.69, 9.17) is 0 Å². The number of carbonyl (C=O) groups is 2. The van der Waals surface area contributed by atoms with Crippen LogP contribution in [0.1, 0.15) is 22.8 Å². The highest BCUT2D eigenvalue weighted by Gasteiger charge is 2.18. The van der Waals surface area contributed by atoms with Crippen molar-refractivity contribution >= 4 is 52.4 Å². The Morgan fingerprint density at radius 1 is 0.900 bits per heavy atom. The molecule has 0 radical (unpaired) electrons. The van der Waals surface area contributed by atoms with Gasteiger partial charge in [-0.3, -0.25) is 9.59 Å². The summed E-state index contributed by atoms with van der Waals surface area (Å²) in [5.74, 6) is -0.113. The maximum Gasteiger partial charge on any atom is 0.266 e. The predicted molar refractivity (Wildman–Crippen MR) is 128 cm³/mol. The number of ketones is 1. The Kier molecular flexibility index (Phi) is 6.99. The lowest BCUT2D eigenvalue weighted by molar-refractivity contribution is -0.663. The first kappa shape index (κ1) is 21.7. The number of carbonyl (C=O) groups excluding carboxylic acids is 2. The van der Waals surface area contributed by atoms with Gasteiger partial charge in [-0.2, -0.15) is 0 Å². The minimum atomic E-state index is -0.117. The molecule has 0 aliphatic rings. The van der Waals surface area contributed by atoms with Crippen LogP contribution in [0.25, 0.3) is 11.0 Å². The van der Waals surface area contributed by atoms with E-state index in [0.29, 0.717) is 11.3 Å². The number of anilines is 1. The number of imidazole rings is 1. The van der Waals surface area contributed by atoms with Gasteiger partial charge in [-0.05, 0) is 48.9 Å². The standard InChI is InChI=1S/C24H21N3O2.HI/c1-18(28)20-11-13-21(14-12-20)25-24(29)16-27-17-26(15-19-7-3-2-4-8-19)22-9-5-6-10-23(22)27;/h2-14,17H,15-16H2,1H3;1H/p+1. The topological polar surface area (TPSA) is 55.0 Å². The summed E-state index contributed by atoms with van der Waals surface area (Å²) >= 11 is 0. The van der Waals surface area contributed by atoms with Crippen molar-refractivity contribution in [1.29, 1.82) is 0 Å². The second-order valence-corrected chi connectivity index (χ2v) is 7.03. The molecule has 4 aromatic rings. The Hall–Kier alpha value is -3.00. The third-order valence-electron chi connectivity index (χ3n) is 4.86. The molecule has 6 heteroatoms. The zero-order valence-electron chi connectivity index (χ0n) is 16.6. The smallest absolute Gasteiger partial charge is 0.266 e. The van der Waals surface area contributed by atoms with Crippen LogP contribution in [0.5, 0.6) is 0 Å². The molecule has 0 fully saturated rings. The SMILES string of the molecule is CC(=O)c1ccc(NC(=O)Cn2c[n+](Cc3ccccc3)c3ccccc32)cc1.I. The van der Waals surface area contributed by atoms with Gasteiger partial charge in [0.15, 0.2) is 23.4 Å². The predicted octanol–water partition coefficient (Wildman–Crippen LogP) is 4.44. The van der Waals surface area contributed by atoms with Crippen LogP contribution in [-0.4, -0.2) is 16.3 Å². The minimum Gasteiger partial charge on any atom is -0.323 e. The third kappa shape index (κ3) is 4.94. The molecule has 0 aliphatic heterocycles. The quantitative estimate of drug-likeness (QED) is 0.236. The second kappa shape index (κ2) is 9.67. The van der Waals surface area contributed by atoms with Crippen LogP contribution >= 0.6 is 24.0 Å². The molecule has 1 heterocycles. The number of rotatable bonds is 6. The van der Waals surface area contributed by atoms with Gasteiger partial charge >= 0.3 is 0 Å². The number of fused-ring (bicyclic) bond motifs is 1. The van der Waals surface area contributed by atoms with Crippen LogP contribution < -0.4 is 9.88 Å². The highest BCUT2D eigenvalue weighted by molar-refractivity contribution is 14.0. The molecule has 1 N–H and O–H groups in total. The Labute approximate surface area is 192 Å². The van der Waals surface area contributed by atoms with Gasteiger partial charge in [0.2, 0.25) is 6.33 Å². The Balaban J connectivity index is 0.00000256. The second-order valence-electron chi connectivity index (χ2n) is 7.03. The summed E-state index contributed by atoms with van der Waals surface area (Å²) in [6.07, 6.45) is 1.98. The van der Waals surface area contributed by atoms with E-state index in [9.17, 15) is 9.59 Å². The monoisotopic (exact) mass is 512 g/mol. The number of nitrogens with zero attached hydrogens (tertiary/aromatic N) is 2. The van der Waals surface area contributed by atoms with Gasteiger partial charge in [-0.1, -0.05) is 42.5 Å². The molecule has 0 spiro atoms. The molecular formula is C24H23IN3O2+. The molecule has 0 atom stereocenters. The van der Waals surface area contributed by atoms with E-state index in [1.165, 1.54) is 12.5 Å². The molecule has 3 aromatic carbocycles. The Morgan fingerprint density at radius 3 is 2.27 bits per heavy atom. The number of amides is 1. The molecular weight excluding hydrogens is 489 g/mol. The summed E-state index contributed by atoms with van der Waals surface area (Å²) in [6, 6.07) is 25.2. The van der Waals surface area contributed by atoms with Crippen molar-refractivity contribution in [3.63, 3.8) is 0 Å². The first-order valence-electron chi connectivity index (χ1n) is 9.52. The lowest BCUT2D eigenvalue weighted by Gasteiger charge is -2.04. The van der Waals surface area contributed by atoms with Crippen LogP contribution in [0.3, 0.4) is 0 Å². The number of aromatic nitrogens is 2. The lowest BCUT2D eigenvalue weighted by Crippen LogP contribution is -2.33. The van der Waals surface area contributed by atoms with Crippen molar-refractivity contribution in [3.8, 4) is 0 Å². The van der Waals surface area contributed by atoms with Crippen LogP contribution in [0, 0.1) is 0 Å². The van der Waals surface area contributed by atoms with Crippen molar-refractivity contribution in [2.24, 2.45) is 0 Å². The Bertz CT molecular complexity index is 1170. The van der Waals surface area contributed by atoms with E-state index in [1.54, 1.807) is 24.3 Å². The Morgan fingerprint density at radius 2 is 1.57 bits per heavy atom. The van der Waals surface area contributed by atoms with Crippen molar-refractivity contribution in [2.75, 3.05) is 5.32 Å². The van der Waals surface area contributed by atoms with Gasteiger partial charge in [0, 0.05) is 11.3 Å². The van der Waals surface area contributed by atoms with Crippen LogP contribution in [0.4, 0.5) is 5.69 Å². The first-order chi connectivity index (χ1) is 14.1. The average molecular weight is 512 g/mol. The van der Waals surface area contributed by atoms with Crippen molar-refractivity contribution in [2.45, 2.75) is 20.0 Å². The zero-order chi connectivity index (χ0) is 20.2. The summed E-state index contributed by atoms with van der Waals surface area (Å²) in [4.78, 5) is 24.0. The van der Waals surface area contributed by atoms with E-state index in [1.807, 2.05) is 47.3 Å². The summed E-state index contributed by atoms with van der Waals surface area (Å²) in [5.41, 5.74) is 4.59. The molecule has 1 aromatic heterocycles. The third-order valence-corrected chi connectivity index (χ3v) is 4.86. The van der Waals surface area contributed by atoms with Gasteiger partial charge in [0.25, 0.3) is 5.91 Å². The maximum absolute atomic E-state index is 12.6. The van der Waals surface area contributed by atoms with Crippen molar-refractivity contribution < 1.29 is 14.2 Å². The van der Waals surface area contributed by atoms with Gasteiger partial charge < -0.3 is 5.32 Å². The first-order valence-corrected chi connectivity index (χ1v) is 9.52. The number of hydrogen-bond acceptors (Lipinski definition) is 2. The molecule has 1 amide bonds. The molecule has 30 heavy (non-hydrogen) atoms. The highest BCUT2D eigenvalue weighted by atomic mass is 127. The molecule has 0 saturated carbocycles. The number of benzene rings is 3. The van der Waals surface area contributed by atoms with Gasteiger partial charge in [0.1, 0.15) is 6.54 Å². The molecule has 0 bridgehead atoms. The van der Waals surface area contributed by atoms with Gasteiger partial charge in [-0.25, -0.2) is 9.13 Å². The fourth-order valence-electron chi connectivity index (χ4n) is 3.42. The van der Waals surface area contributed by atoms with Crippen molar-refractivity contribution in [1.82, 2.24) is 4.57 Å². The fourth-order valence-corrected chi connectivity index (χ4v) is 3.42. The molecule has 5 nitrogen and oxygen atoms in total. The van der Waals surface area contributed by atoms with E-state index < -0.39 is 0 Å². The highest BCUT2D eigenvalue weighted by Crippen LogP contribution is 2.14. The number of para-hydroxylation sites is 2. The van der Waals surface area contributed by atoms with Crippen LogP contribution in [-0.2, 0) is 17.9 Å². The minimum absolute atomic E-state index is 0. The maximum atomic E-state index is 12.6. The largest absolute Gasteiger partial charge is 0.323 e. The summed E-state index contributed by atoms with van der Waals surface area (Å²) in [7, 11) is 0. The van der Waals surface area contributed by atoms with Crippen LogP contribution in [0.15, 0.2) is 85.2 Å². The number of halogens is 1. The van der Waals surface area contributed by atoms with E-state index in [2.05, 4.69) is 28.1 Å². The molecule has 152 valence electrons. The molecule has 4 rings (SSSR count). The number of nitrogens with one attached hydrogen (secondary N) is 1.